The Kier molecular flexibility index (Phi) is 12.1. The van der Waals surface area contributed by atoms with Crippen LogP contribution in [-0.4, -0.2) is 126 Å². The molecule has 8 rings (SSSR count). The number of ether oxygens (including phenoxy) is 7. The monoisotopic (exact) mass is 878 g/mol. The van der Waals surface area contributed by atoms with E-state index in [0.717, 1.165) is 25.6 Å². The second kappa shape index (κ2) is 16.8. The van der Waals surface area contributed by atoms with Crippen molar-refractivity contribution in [1.29, 1.82) is 0 Å². The number of carbonyl (C=O) groups is 4. The van der Waals surface area contributed by atoms with E-state index in [2.05, 4.69) is 10.2 Å². The molecule has 5 fully saturated rings. The predicted octanol–water partition coefficient (Wildman–Crippen LogP) is 4.92. The van der Waals surface area contributed by atoms with Crippen LogP contribution < -0.4 is 5.32 Å². The van der Waals surface area contributed by atoms with Crippen LogP contribution in [0.15, 0.2) is 65.7 Å². The molecule has 3 saturated heterocycles. The first kappa shape index (κ1) is 45.1. The Balaban J connectivity index is 1.27. The highest BCUT2D eigenvalue weighted by Gasteiger charge is 2.77. The first-order valence-electron chi connectivity index (χ1n) is 21.9. The van der Waals surface area contributed by atoms with Gasteiger partial charge in [-0.3, -0.25) is 9.69 Å². The summed E-state index contributed by atoms with van der Waals surface area (Å²) in [6.45, 7) is 14.1. The van der Waals surface area contributed by atoms with E-state index in [9.17, 15) is 29.4 Å². The van der Waals surface area contributed by atoms with Crippen molar-refractivity contribution < 1.29 is 66.9 Å². The minimum Gasteiger partial charge on any atom is -0.456 e. The van der Waals surface area contributed by atoms with Crippen molar-refractivity contribution in [1.82, 2.24) is 10.2 Å². The van der Waals surface area contributed by atoms with Gasteiger partial charge in [0.1, 0.15) is 35.8 Å². The Bertz CT molecular complexity index is 2130. The molecule has 0 unspecified atom stereocenters. The number of halogens is 1. The summed E-state index contributed by atoms with van der Waals surface area (Å²) in [5.74, 6) is -4.32. The summed E-state index contributed by atoms with van der Waals surface area (Å²) >= 11 is 0. The topological polar surface area (TPSA) is 189 Å². The molecule has 2 aromatic carbocycles. The van der Waals surface area contributed by atoms with Crippen molar-refractivity contribution in [2.45, 2.75) is 140 Å². The molecule has 15 nitrogen and oxygen atoms in total. The van der Waals surface area contributed by atoms with Crippen LogP contribution >= 0.6 is 0 Å². The Morgan fingerprint density at radius 3 is 2.32 bits per heavy atom. The molecule has 12 atom stereocenters. The molecule has 2 saturated carbocycles. The van der Waals surface area contributed by atoms with E-state index in [-0.39, 0.29) is 24.2 Å². The minimum absolute atomic E-state index is 0.0428. The second-order valence-electron chi connectivity index (χ2n) is 19.1. The SMILES string of the molecule is CC(=O)O[C@@]12CO[C@@H]1CC[C@@]1(C)[C@@H]3O[C@H](CN4CCC4)O[C@@H]3C3=C(C)[C@@H](OC(=O)[C@H](O)[C@@H](NC(=O)OC(C)C)c4ccccc4F)C[C@@](O)([C@@H](OC(=O)c4ccccc4)[C@@H]12)C3(C)C. The van der Waals surface area contributed by atoms with Gasteiger partial charge in [-0.15, -0.1) is 0 Å². The molecule has 2 aromatic rings. The number of aliphatic hydroxyl groups is 2. The summed E-state index contributed by atoms with van der Waals surface area (Å²) < 4.78 is 59.9. The fourth-order valence-electron chi connectivity index (χ4n) is 11.3. The van der Waals surface area contributed by atoms with E-state index in [1.54, 1.807) is 51.1 Å². The van der Waals surface area contributed by atoms with Crippen molar-refractivity contribution in [2.24, 2.45) is 16.7 Å². The molecule has 3 aliphatic carbocycles. The van der Waals surface area contributed by atoms with Gasteiger partial charge < -0.3 is 48.7 Å². The summed E-state index contributed by atoms with van der Waals surface area (Å²) in [4.78, 5) is 57.1. The highest BCUT2D eigenvalue weighted by atomic mass is 19.1. The van der Waals surface area contributed by atoms with Crippen LogP contribution in [0.1, 0.15) is 96.1 Å². The maximum Gasteiger partial charge on any atom is 0.407 e. The molecule has 63 heavy (non-hydrogen) atoms. The van der Waals surface area contributed by atoms with Crippen molar-refractivity contribution in [3.63, 3.8) is 0 Å². The average molecular weight is 879 g/mol. The number of esters is 3. The molecule has 0 spiro atoms. The lowest BCUT2D eigenvalue weighted by Gasteiger charge is -2.68. The third-order valence-corrected chi connectivity index (χ3v) is 14.6. The fourth-order valence-corrected chi connectivity index (χ4v) is 11.3. The Labute approximate surface area is 366 Å². The average Bonchev–Trinajstić information content (AvgIpc) is 3.62. The number of rotatable bonds is 11. The standard InChI is InChI=1S/C47H59FN2O13/c1-25(2)58-43(55)49-35(29-16-11-12-17-30(29)48)36(52)42(54)59-31-22-47(56)40(62-41(53)28-14-9-8-10-15-28)38-45(7,19-18-32-46(38,24-57-32)63-27(4)51)39-37(34(26(31)3)44(47,5)6)60-33(61-39)23-50-20-13-21-50/h8-12,14-17,25,31-33,35-40,52,56H,13,18-24H2,1-7H3,(H,49,55)/t31-,32+,33+,35-,36+,37+,38-,39+,40-,45+,46-,47+/m0/s1. The van der Waals surface area contributed by atoms with E-state index >= 15 is 4.39 Å². The van der Waals surface area contributed by atoms with E-state index in [4.69, 9.17) is 33.2 Å². The van der Waals surface area contributed by atoms with E-state index in [1.165, 1.54) is 25.1 Å². The number of hydrogen-bond donors (Lipinski definition) is 3. The van der Waals surface area contributed by atoms with Gasteiger partial charge in [0.25, 0.3) is 0 Å². The molecule has 0 aromatic heterocycles. The van der Waals surface area contributed by atoms with E-state index in [1.807, 2.05) is 20.8 Å². The van der Waals surface area contributed by atoms with Gasteiger partial charge in [-0.25, -0.2) is 18.8 Å². The summed E-state index contributed by atoms with van der Waals surface area (Å²) in [7, 11) is 0. The van der Waals surface area contributed by atoms with Crippen LogP contribution in [0.25, 0.3) is 0 Å². The summed E-state index contributed by atoms with van der Waals surface area (Å²) in [5, 5.41) is 28.0. The summed E-state index contributed by atoms with van der Waals surface area (Å²) in [5.41, 5.74) is -4.70. The number of fused-ring (bicyclic) bond motifs is 8. The molecule has 2 bridgehead atoms. The van der Waals surface area contributed by atoms with Crippen molar-refractivity contribution in [3.8, 4) is 0 Å². The number of nitrogens with zero attached hydrogens (tertiary/aromatic N) is 1. The lowest BCUT2D eigenvalue weighted by atomic mass is 9.45. The third kappa shape index (κ3) is 7.73. The first-order chi connectivity index (χ1) is 29.8. The van der Waals surface area contributed by atoms with Gasteiger partial charge >= 0.3 is 24.0 Å². The lowest BCUT2D eigenvalue weighted by molar-refractivity contribution is -0.345. The highest BCUT2D eigenvalue weighted by Crippen LogP contribution is 2.66. The normalized spacial score (nSPS) is 35.2. The van der Waals surface area contributed by atoms with Crippen molar-refractivity contribution in [3.05, 3.63) is 82.7 Å². The number of benzene rings is 2. The van der Waals surface area contributed by atoms with Gasteiger partial charge in [0.2, 0.25) is 0 Å². The number of alkyl carbamates (subject to hydrolysis) is 1. The highest BCUT2D eigenvalue weighted by molar-refractivity contribution is 5.89. The van der Waals surface area contributed by atoms with Gasteiger partial charge in [-0.05, 0) is 82.5 Å². The number of amides is 1. The van der Waals surface area contributed by atoms with E-state index < -0.39 is 113 Å². The second-order valence-corrected chi connectivity index (χ2v) is 19.1. The Hall–Kier alpha value is -4.45. The van der Waals surface area contributed by atoms with Crippen molar-refractivity contribution >= 4 is 24.0 Å². The molecular weight excluding hydrogens is 820 g/mol. The van der Waals surface area contributed by atoms with Crippen LogP contribution in [0.4, 0.5) is 9.18 Å². The van der Waals surface area contributed by atoms with Crippen LogP contribution in [0.5, 0.6) is 0 Å². The van der Waals surface area contributed by atoms with Gasteiger partial charge in [-0.2, -0.15) is 0 Å². The molecule has 3 aliphatic heterocycles. The largest absolute Gasteiger partial charge is 0.456 e. The van der Waals surface area contributed by atoms with Gasteiger partial charge in [0.05, 0.1) is 36.3 Å². The molecule has 0 radical (unpaired) electrons. The van der Waals surface area contributed by atoms with Gasteiger partial charge in [0, 0.05) is 36.3 Å². The predicted molar refractivity (Wildman–Crippen MR) is 221 cm³/mol. The van der Waals surface area contributed by atoms with Gasteiger partial charge in [-0.1, -0.05) is 57.2 Å². The number of aliphatic hydroxyl groups excluding tert-OH is 1. The minimum atomic E-state index is -2.16. The smallest absolute Gasteiger partial charge is 0.407 e. The molecule has 6 aliphatic rings. The Morgan fingerprint density at radius 2 is 1.70 bits per heavy atom. The van der Waals surface area contributed by atoms with E-state index in [0.29, 0.717) is 30.5 Å². The van der Waals surface area contributed by atoms with Crippen molar-refractivity contribution in [2.75, 3.05) is 26.2 Å². The fraction of sp³-hybridized carbons (Fsp3) is 0.617. The number of likely N-dealkylation sites (tertiary alicyclic amines) is 1. The molecular formula is C47H59FN2O13. The zero-order chi connectivity index (χ0) is 45.2. The number of nitrogens with one attached hydrogen (secondary N) is 1. The zero-order valence-electron chi connectivity index (χ0n) is 36.8. The maximum atomic E-state index is 15.3. The molecule has 16 heteroatoms. The number of hydrogen-bond acceptors (Lipinski definition) is 14. The third-order valence-electron chi connectivity index (χ3n) is 14.6. The van der Waals surface area contributed by atoms with Gasteiger partial charge in [0.15, 0.2) is 18.0 Å². The molecule has 1 amide bonds. The summed E-state index contributed by atoms with van der Waals surface area (Å²) in [6, 6.07) is 12.1. The van der Waals surface area contributed by atoms with Crippen LogP contribution in [0.3, 0.4) is 0 Å². The quantitative estimate of drug-likeness (QED) is 0.157. The van der Waals surface area contributed by atoms with Crippen LogP contribution in [-0.2, 0) is 42.7 Å². The number of carbonyl (C=O) groups excluding carboxylic acids is 4. The first-order valence-corrected chi connectivity index (χ1v) is 21.9. The maximum absolute atomic E-state index is 15.3. The lowest BCUT2D eigenvalue weighted by Crippen LogP contribution is -2.79. The Morgan fingerprint density at radius 1 is 1.00 bits per heavy atom. The molecule has 342 valence electrons. The molecule has 3 N–H and O–H groups in total. The van der Waals surface area contributed by atoms with Crippen LogP contribution in [0, 0.1) is 22.6 Å². The summed E-state index contributed by atoms with van der Waals surface area (Å²) in [6.07, 6.45) is -7.80. The van der Waals surface area contributed by atoms with Crippen LogP contribution in [0.2, 0.25) is 0 Å². The molecule has 3 heterocycles. The zero-order valence-corrected chi connectivity index (χ0v) is 36.8.